The Morgan fingerprint density at radius 3 is 2.50 bits per heavy atom. The topological polar surface area (TPSA) is 54.9 Å². The summed E-state index contributed by atoms with van der Waals surface area (Å²) < 4.78 is 0. The van der Waals surface area contributed by atoms with Crippen molar-refractivity contribution < 1.29 is 4.79 Å². The summed E-state index contributed by atoms with van der Waals surface area (Å²) >= 11 is 0. The van der Waals surface area contributed by atoms with Gasteiger partial charge in [0.1, 0.15) is 0 Å². The van der Waals surface area contributed by atoms with E-state index in [9.17, 15) is 4.79 Å². The maximum atomic E-state index is 13.0. The van der Waals surface area contributed by atoms with Gasteiger partial charge in [0.05, 0.1) is 11.3 Å². The first-order chi connectivity index (χ1) is 12.7. The summed E-state index contributed by atoms with van der Waals surface area (Å²) in [6.45, 7) is 1.97. The van der Waals surface area contributed by atoms with Crippen molar-refractivity contribution in [3.05, 3.63) is 90.1 Å². The average molecular weight is 339 g/mol. The second-order valence-corrected chi connectivity index (χ2v) is 6.07. The predicted octanol–water partition coefficient (Wildman–Crippen LogP) is 4.86. The van der Waals surface area contributed by atoms with Crippen LogP contribution >= 0.6 is 0 Å². The number of hydrogen-bond acceptors (Lipinski definition) is 3. The highest BCUT2D eigenvalue weighted by atomic mass is 16.1. The van der Waals surface area contributed by atoms with Gasteiger partial charge in [-0.05, 0) is 36.8 Å². The zero-order valence-electron chi connectivity index (χ0n) is 14.3. The molecule has 0 saturated carbocycles. The summed E-state index contributed by atoms with van der Waals surface area (Å²) in [4.78, 5) is 22.0. The van der Waals surface area contributed by atoms with E-state index in [1.165, 1.54) is 0 Å². The number of anilines is 1. The Bertz CT molecular complexity index is 1090. The summed E-state index contributed by atoms with van der Waals surface area (Å²) in [6, 6.07) is 23.0. The van der Waals surface area contributed by atoms with Crippen molar-refractivity contribution in [2.24, 2.45) is 0 Å². The maximum absolute atomic E-state index is 13.0. The number of benzene rings is 2. The predicted molar refractivity (Wildman–Crippen MR) is 104 cm³/mol. The van der Waals surface area contributed by atoms with E-state index in [1.54, 1.807) is 6.20 Å². The van der Waals surface area contributed by atoms with Crippen molar-refractivity contribution in [3.63, 3.8) is 0 Å². The van der Waals surface area contributed by atoms with E-state index in [-0.39, 0.29) is 5.91 Å². The first-order valence-corrected chi connectivity index (χ1v) is 8.40. The molecule has 0 aliphatic heterocycles. The number of rotatable bonds is 3. The smallest absolute Gasteiger partial charge is 0.257 e. The van der Waals surface area contributed by atoms with E-state index < -0.39 is 0 Å². The number of carbonyl (C=O) groups excluding carboxylic acids is 1. The highest BCUT2D eigenvalue weighted by Crippen LogP contribution is 2.26. The molecule has 4 heteroatoms. The molecular weight excluding hydrogens is 322 g/mol. The van der Waals surface area contributed by atoms with Crippen LogP contribution in [0.5, 0.6) is 0 Å². The molecule has 0 spiro atoms. The molecule has 0 unspecified atom stereocenters. The molecule has 2 aromatic heterocycles. The normalized spacial score (nSPS) is 10.7. The lowest BCUT2D eigenvalue weighted by molar-refractivity contribution is 0.102. The Morgan fingerprint density at radius 2 is 1.69 bits per heavy atom. The molecule has 2 heterocycles. The third-order valence-electron chi connectivity index (χ3n) is 4.27. The van der Waals surface area contributed by atoms with Gasteiger partial charge in [-0.25, -0.2) is 9.97 Å². The second kappa shape index (κ2) is 6.76. The molecule has 0 aliphatic carbocycles. The van der Waals surface area contributed by atoms with Crippen molar-refractivity contribution in [2.75, 3.05) is 5.32 Å². The number of amides is 1. The summed E-state index contributed by atoms with van der Waals surface area (Å²) in [6.07, 6.45) is 1.71. The van der Waals surface area contributed by atoms with E-state index in [2.05, 4.69) is 15.3 Å². The number of aryl methyl sites for hydroxylation is 1. The van der Waals surface area contributed by atoms with E-state index >= 15 is 0 Å². The summed E-state index contributed by atoms with van der Waals surface area (Å²) in [5.74, 6) is -0.184. The van der Waals surface area contributed by atoms with Gasteiger partial charge in [-0.2, -0.15) is 0 Å². The van der Waals surface area contributed by atoms with Gasteiger partial charge in [0.25, 0.3) is 5.91 Å². The van der Waals surface area contributed by atoms with Crippen molar-refractivity contribution >= 4 is 22.6 Å². The largest absolute Gasteiger partial charge is 0.322 e. The molecule has 4 aromatic rings. The Morgan fingerprint density at radius 1 is 0.923 bits per heavy atom. The molecule has 0 saturated heterocycles. The van der Waals surface area contributed by atoms with Crippen LogP contribution in [0.4, 0.5) is 5.69 Å². The minimum Gasteiger partial charge on any atom is -0.322 e. The second-order valence-electron chi connectivity index (χ2n) is 6.07. The monoisotopic (exact) mass is 339 g/mol. The van der Waals surface area contributed by atoms with Gasteiger partial charge in [0, 0.05) is 22.8 Å². The summed E-state index contributed by atoms with van der Waals surface area (Å²) in [7, 11) is 0. The van der Waals surface area contributed by atoms with Gasteiger partial charge in [-0.3, -0.25) is 4.79 Å². The molecule has 26 heavy (non-hydrogen) atoms. The zero-order valence-corrected chi connectivity index (χ0v) is 14.3. The number of pyridine rings is 2. The molecule has 1 N–H and O–H groups in total. The molecular formula is C22H17N3O. The zero-order chi connectivity index (χ0) is 17.9. The van der Waals surface area contributed by atoms with Crippen LogP contribution in [0.2, 0.25) is 0 Å². The molecule has 4 rings (SSSR count). The fourth-order valence-corrected chi connectivity index (χ4v) is 2.90. The van der Waals surface area contributed by atoms with Crippen LogP contribution in [0.25, 0.3) is 22.3 Å². The third kappa shape index (κ3) is 3.05. The fourth-order valence-electron chi connectivity index (χ4n) is 2.90. The van der Waals surface area contributed by atoms with Crippen LogP contribution in [-0.4, -0.2) is 15.9 Å². The Hall–Kier alpha value is -3.53. The molecule has 126 valence electrons. The highest BCUT2D eigenvalue weighted by molar-refractivity contribution is 6.10. The van der Waals surface area contributed by atoms with Crippen LogP contribution in [0.3, 0.4) is 0 Å². The standard InChI is InChI=1S/C22H17N3O/c1-15-8-5-6-12-19(15)24-22(26)18-14-17-11-7-13-23-21(17)25-20(18)16-9-3-2-4-10-16/h2-14H,1H3,(H,24,26). The first-order valence-electron chi connectivity index (χ1n) is 8.40. The van der Waals surface area contributed by atoms with Crippen LogP contribution < -0.4 is 5.32 Å². The molecule has 0 fully saturated rings. The van der Waals surface area contributed by atoms with Gasteiger partial charge in [-0.1, -0.05) is 48.5 Å². The fraction of sp³-hybridized carbons (Fsp3) is 0.0455. The molecule has 0 radical (unpaired) electrons. The minimum atomic E-state index is -0.184. The Labute approximate surface area is 151 Å². The van der Waals surface area contributed by atoms with Crippen LogP contribution in [0.15, 0.2) is 79.0 Å². The number of nitrogens with one attached hydrogen (secondary N) is 1. The molecule has 4 nitrogen and oxygen atoms in total. The van der Waals surface area contributed by atoms with Crippen LogP contribution in [-0.2, 0) is 0 Å². The van der Waals surface area contributed by atoms with Gasteiger partial charge in [0.2, 0.25) is 0 Å². The number of fused-ring (bicyclic) bond motifs is 1. The molecule has 0 aliphatic rings. The lowest BCUT2D eigenvalue weighted by Crippen LogP contribution is -2.15. The van der Waals surface area contributed by atoms with Gasteiger partial charge >= 0.3 is 0 Å². The third-order valence-corrected chi connectivity index (χ3v) is 4.27. The molecule has 2 aromatic carbocycles. The SMILES string of the molecule is Cc1ccccc1NC(=O)c1cc2cccnc2nc1-c1ccccc1. The number of para-hydroxylation sites is 1. The van der Waals surface area contributed by atoms with Crippen molar-refractivity contribution in [2.45, 2.75) is 6.92 Å². The lowest BCUT2D eigenvalue weighted by atomic mass is 10.0. The molecule has 0 atom stereocenters. The summed E-state index contributed by atoms with van der Waals surface area (Å²) in [5.41, 5.74) is 4.47. The summed E-state index contributed by atoms with van der Waals surface area (Å²) in [5, 5.41) is 3.84. The van der Waals surface area contributed by atoms with Crippen molar-refractivity contribution in [1.82, 2.24) is 9.97 Å². The minimum absolute atomic E-state index is 0.184. The Balaban J connectivity index is 1.84. The molecule has 0 bridgehead atoms. The number of nitrogens with zero attached hydrogens (tertiary/aromatic N) is 2. The van der Waals surface area contributed by atoms with Crippen LogP contribution in [0.1, 0.15) is 15.9 Å². The number of hydrogen-bond donors (Lipinski definition) is 1. The van der Waals surface area contributed by atoms with Crippen LogP contribution in [0, 0.1) is 6.92 Å². The first kappa shape index (κ1) is 16.0. The quantitative estimate of drug-likeness (QED) is 0.580. The van der Waals surface area contributed by atoms with E-state index in [0.29, 0.717) is 16.9 Å². The number of carbonyl (C=O) groups is 1. The maximum Gasteiger partial charge on any atom is 0.257 e. The van der Waals surface area contributed by atoms with Gasteiger partial charge in [0.15, 0.2) is 5.65 Å². The van der Waals surface area contributed by atoms with E-state index in [4.69, 9.17) is 0 Å². The van der Waals surface area contributed by atoms with Gasteiger partial charge in [-0.15, -0.1) is 0 Å². The van der Waals surface area contributed by atoms with E-state index in [1.807, 2.05) is 79.7 Å². The lowest BCUT2D eigenvalue weighted by Gasteiger charge is -2.12. The number of aromatic nitrogens is 2. The highest BCUT2D eigenvalue weighted by Gasteiger charge is 2.17. The van der Waals surface area contributed by atoms with Gasteiger partial charge < -0.3 is 5.32 Å². The van der Waals surface area contributed by atoms with Crippen molar-refractivity contribution in [3.8, 4) is 11.3 Å². The Kier molecular flexibility index (Phi) is 4.15. The molecule has 1 amide bonds. The van der Waals surface area contributed by atoms with E-state index in [0.717, 1.165) is 22.2 Å². The van der Waals surface area contributed by atoms with Crippen molar-refractivity contribution in [1.29, 1.82) is 0 Å². The average Bonchev–Trinajstić information content (AvgIpc) is 2.69.